The molecule has 8 nitrogen and oxygen atoms in total. The summed E-state index contributed by atoms with van der Waals surface area (Å²) < 4.78 is 22.4. The zero-order chi connectivity index (χ0) is 26.1. The van der Waals surface area contributed by atoms with Gasteiger partial charge in [-0.1, -0.05) is 6.07 Å². The Morgan fingerprint density at radius 1 is 1.27 bits per heavy atom. The van der Waals surface area contributed by atoms with E-state index >= 15 is 0 Å². The average molecular weight is 617 g/mol. The van der Waals surface area contributed by atoms with Crippen molar-refractivity contribution in [2.75, 3.05) is 25.5 Å². The van der Waals surface area contributed by atoms with Gasteiger partial charge >= 0.3 is 0 Å². The van der Waals surface area contributed by atoms with Crippen LogP contribution in [0.2, 0.25) is 0 Å². The second kappa shape index (κ2) is 10.8. The molecule has 1 N–H and O–H groups in total. The van der Waals surface area contributed by atoms with E-state index in [1.54, 1.807) is 4.90 Å². The molecule has 1 amide bonds. The monoisotopic (exact) mass is 617 g/mol. The molecule has 37 heavy (non-hydrogen) atoms. The molecule has 5 rings (SSSR count). The van der Waals surface area contributed by atoms with Crippen LogP contribution in [0.5, 0.6) is 5.88 Å². The van der Waals surface area contributed by atoms with Gasteiger partial charge in [0, 0.05) is 37.9 Å². The third-order valence-electron chi connectivity index (χ3n) is 7.01. The van der Waals surface area contributed by atoms with E-state index in [2.05, 4.69) is 45.0 Å². The Morgan fingerprint density at radius 2 is 2.11 bits per heavy atom. The first-order valence-corrected chi connectivity index (χ1v) is 13.5. The highest BCUT2D eigenvalue weighted by atomic mass is 127. The van der Waals surface area contributed by atoms with E-state index in [9.17, 15) is 14.0 Å². The first-order valence-electron chi connectivity index (χ1n) is 12.5. The van der Waals surface area contributed by atoms with E-state index in [1.807, 2.05) is 10.6 Å². The summed E-state index contributed by atoms with van der Waals surface area (Å²) in [5.41, 5.74) is 4.45. The number of aryl methyl sites for hydroxylation is 3. The van der Waals surface area contributed by atoms with Crippen LogP contribution in [0, 0.1) is 9.52 Å². The fourth-order valence-electron chi connectivity index (χ4n) is 5.13. The van der Waals surface area contributed by atoms with Crippen molar-refractivity contribution in [3.05, 3.63) is 68.1 Å². The molecular weight excluding hydrogens is 588 g/mol. The van der Waals surface area contributed by atoms with Crippen molar-refractivity contribution < 1.29 is 18.7 Å². The normalized spacial score (nSPS) is 15.6. The molecule has 0 aromatic carbocycles. The Balaban J connectivity index is 1.37. The summed E-state index contributed by atoms with van der Waals surface area (Å²) in [5, 5.41) is 3.38. The number of Topliss-reactive ketones (excluding diaryl/α,β-unsaturated/α-hetero) is 1. The number of fused-ring (bicyclic) bond motifs is 2. The maximum atomic E-state index is 14.4. The molecule has 5 heterocycles. The minimum Gasteiger partial charge on any atom is -0.479 e. The second-order valence-corrected chi connectivity index (χ2v) is 10.5. The molecule has 2 aliphatic heterocycles. The number of nitrogens with one attached hydrogen (secondary N) is 1. The van der Waals surface area contributed by atoms with Gasteiger partial charge < -0.3 is 19.5 Å². The first kappa shape index (κ1) is 25.6. The van der Waals surface area contributed by atoms with Gasteiger partial charge in [0.05, 0.1) is 16.9 Å². The molecule has 10 heteroatoms. The minimum atomic E-state index is -0.621. The summed E-state index contributed by atoms with van der Waals surface area (Å²) in [6.45, 7) is 3.44. The topological polar surface area (TPSA) is 89.3 Å². The Bertz CT molecular complexity index is 1360. The Labute approximate surface area is 228 Å². The maximum absolute atomic E-state index is 14.4. The highest BCUT2D eigenvalue weighted by Crippen LogP contribution is 2.32. The fraction of sp³-hybridized carbons (Fsp3) is 0.407. The van der Waals surface area contributed by atoms with Crippen LogP contribution in [0.1, 0.15) is 58.7 Å². The number of pyridine rings is 2. The lowest BCUT2D eigenvalue weighted by molar-refractivity contribution is -0.118. The molecule has 0 bridgehead atoms. The van der Waals surface area contributed by atoms with Crippen LogP contribution in [-0.4, -0.2) is 51.3 Å². The van der Waals surface area contributed by atoms with Crippen molar-refractivity contribution in [2.45, 2.75) is 51.6 Å². The van der Waals surface area contributed by atoms with Gasteiger partial charge in [0.2, 0.25) is 5.88 Å². The van der Waals surface area contributed by atoms with Crippen LogP contribution < -0.4 is 10.1 Å². The molecule has 0 unspecified atom stereocenters. The number of nitrogens with zero attached hydrogens (tertiary/aromatic N) is 4. The number of carbonyl (C=O) groups is 2. The third kappa shape index (κ3) is 5.21. The van der Waals surface area contributed by atoms with Gasteiger partial charge in [-0.15, -0.1) is 0 Å². The summed E-state index contributed by atoms with van der Waals surface area (Å²) >= 11 is 2.31. The van der Waals surface area contributed by atoms with Gasteiger partial charge in [0.15, 0.2) is 5.82 Å². The van der Waals surface area contributed by atoms with Gasteiger partial charge in [-0.25, -0.2) is 14.4 Å². The van der Waals surface area contributed by atoms with Crippen molar-refractivity contribution in [2.24, 2.45) is 0 Å². The van der Waals surface area contributed by atoms with E-state index in [1.165, 1.54) is 31.9 Å². The maximum Gasteiger partial charge on any atom is 0.271 e. The van der Waals surface area contributed by atoms with Crippen LogP contribution in [0.3, 0.4) is 0 Å². The standard InChI is InChI=1S/C27H29FIN5O3/c1-16(35)12-22(19-13-21(28)26(37-2)31-15-19)34-11-10-33-23(27(34)36)14-18(24(33)29)6-8-20-7-5-17-4-3-9-30-25(17)32-20/h5,7,13-15,22H,3-4,6,8-12H2,1-2H3,(H,30,32)/t22-/m0/s1. The number of aromatic nitrogens is 3. The molecule has 0 spiro atoms. The summed E-state index contributed by atoms with van der Waals surface area (Å²) in [5.74, 6) is -0.00974. The zero-order valence-electron chi connectivity index (χ0n) is 20.9. The number of ether oxygens (including phenoxy) is 1. The highest BCUT2D eigenvalue weighted by Gasteiger charge is 2.34. The van der Waals surface area contributed by atoms with Gasteiger partial charge in [-0.05, 0) is 90.1 Å². The van der Waals surface area contributed by atoms with Crippen LogP contribution in [0.15, 0.2) is 30.5 Å². The zero-order valence-corrected chi connectivity index (χ0v) is 23.0. The van der Waals surface area contributed by atoms with Gasteiger partial charge in [-0.3, -0.25) is 9.59 Å². The Kier molecular flexibility index (Phi) is 7.45. The number of hydrogen-bond donors (Lipinski definition) is 1. The van der Waals surface area contributed by atoms with E-state index in [4.69, 9.17) is 9.72 Å². The van der Waals surface area contributed by atoms with Gasteiger partial charge in [0.1, 0.15) is 17.3 Å². The lowest BCUT2D eigenvalue weighted by atomic mass is 10.00. The summed E-state index contributed by atoms with van der Waals surface area (Å²) in [4.78, 5) is 36.2. The lowest BCUT2D eigenvalue weighted by Gasteiger charge is -2.35. The number of rotatable bonds is 8. The number of hydrogen-bond acceptors (Lipinski definition) is 6. The Hall–Kier alpha value is -3.02. The van der Waals surface area contributed by atoms with E-state index < -0.39 is 11.9 Å². The number of halogens is 2. The molecule has 0 saturated carbocycles. The van der Waals surface area contributed by atoms with E-state index in [0.29, 0.717) is 24.3 Å². The van der Waals surface area contributed by atoms with Crippen molar-refractivity contribution >= 4 is 40.1 Å². The molecular formula is C27H29FIN5O3. The molecule has 0 saturated heterocycles. The summed E-state index contributed by atoms with van der Waals surface area (Å²) in [7, 11) is 1.35. The average Bonchev–Trinajstić information content (AvgIpc) is 3.22. The van der Waals surface area contributed by atoms with Crippen LogP contribution in [-0.2, 0) is 30.6 Å². The van der Waals surface area contributed by atoms with Crippen molar-refractivity contribution in [1.82, 2.24) is 19.4 Å². The Morgan fingerprint density at radius 3 is 2.86 bits per heavy atom. The SMILES string of the molecule is COc1ncc([C@H](CC(C)=O)N2CCn3c(cc(CCc4ccc5c(n4)NCCC5)c3I)C2=O)cc1F. The number of anilines is 1. The number of carbonyl (C=O) groups excluding carboxylic acids is 2. The third-order valence-corrected chi connectivity index (χ3v) is 8.29. The predicted octanol–water partition coefficient (Wildman–Crippen LogP) is 4.35. The van der Waals surface area contributed by atoms with E-state index in [0.717, 1.165) is 53.0 Å². The predicted molar refractivity (Wildman–Crippen MR) is 145 cm³/mol. The lowest BCUT2D eigenvalue weighted by Crippen LogP contribution is -2.43. The van der Waals surface area contributed by atoms with Crippen molar-refractivity contribution in [3.63, 3.8) is 0 Å². The summed E-state index contributed by atoms with van der Waals surface area (Å²) in [6, 6.07) is 6.90. The summed E-state index contributed by atoms with van der Waals surface area (Å²) in [6.07, 6.45) is 5.29. The highest BCUT2D eigenvalue weighted by molar-refractivity contribution is 14.1. The van der Waals surface area contributed by atoms with Crippen LogP contribution in [0.4, 0.5) is 10.2 Å². The minimum absolute atomic E-state index is 0.0852. The molecule has 0 fully saturated rings. The van der Waals surface area contributed by atoms with Gasteiger partial charge in [-0.2, -0.15) is 0 Å². The molecule has 0 aliphatic carbocycles. The second-order valence-electron chi connectivity index (χ2n) is 9.52. The van der Waals surface area contributed by atoms with Crippen LogP contribution >= 0.6 is 22.6 Å². The van der Waals surface area contributed by atoms with Crippen molar-refractivity contribution in [3.8, 4) is 5.88 Å². The molecule has 2 aliphatic rings. The number of methoxy groups -OCH3 is 1. The molecule has 3 aromatic heterocycles. The molecule has 0 radical (unpaired) electrons. The van der Waals surface area contributed by atoms with E-state index in [-0.39, 0.29) is 24.0 Å². The quantitative estimate of drug-likeness (QED) is 0.379. The fourth-order valence-corrected chi connectivity index (χ4v) is 6.06. The largest absolute Gasteiger partial charge is 0.479 e. The van der Waals surface area contributed by atoms with Gasteiger partial charge in [0.25, 0.3) is 5.91 Å². The number of ketones is 1. The smallest absolute Gasteiger partial charge is 0.271 e. The molecule has 1 atom stereocenters. The van der Waals surface area contributed by atoms with Crippen molar-refractivity contribution in [1.29, 1.82) is 0 Å². The first-order chi connectivity index (χ1) is 17.9. The molecule has 3 aromatic rings. The van der Waals surface area contributed by atoms with Crippen LogP contribution in [0.25, 0.3) is 0 Å². The molecule has 194 valence electrons. The number of amides is 1.